The summed E-state index contributed by atoms with van der Waals surface area (Å²) < 4.78 is 10.8. The summed E-state index contributed by atoms with van der Waals surface area (Å²) in [5, 5.41) is 0.717. The van der Waals surface area contributed by atoms with Crippen LogP contribution in [0.5, 0.6) is 11.6 Å². The number of aromatic nitrogens is 1. The molecular weight excluding hydrogens is 226 g/mol. The molecule has 16 heavy (non-hydrogen) atoms. The van der Waals surface area contributed by atoms with E-state index in [1.165, 1.54) is 0 Å². The largest absolute Gasteiger partial charge is 0.451 e. The van der Waals surface area contributed by atoms with Crippen molar-refractivity contribution in [1.29, 1.82) is 0 Å². The van der Waals surface area contributed by atoms with Crippen LogP contribution in [0.15, 0.2) is 0 Å². The van der Waals surface area contributed by atoms with Gasteiger partial charge in [0, 0.05) is 5.56 Å². The van der Waals surface area contributed by atoms with Crippen molar-refractivity contribution < 1.29 is 9.47 Å². The van der Waals surface area contributed by atoms with Gasteiger partial charge in [0.1, 0.15) is 0 Å². The van der Waals surface area contributed by atoms with Crippen LogP contribution in [0.1, 0.15) is 50.8 Å². The van der Waals surface area contributed by atoms with Crippen molar-refractivity contribution in [3.05, 3.63) is 16.3 Å². The number of rotatable bonds is 2. The Kier molecular flexibility index (Phi) is 2.98. The number of halogens is 1. The molecule has 0 aliphatic carbocycles. The summed E-state index contributed by atoms with van der Waals surface area (Å²) in [5.41, 5.74) is 1.89. The normalized spacial score (nSPS) is 13.9. The summed E-state index contributed by atoms with van der Waals surface area (Å²) in [6, 6.07) is 0. The second-order valence-electron chi connectivity index (χ2n) is 4.57. The minimum absolute atomic E-state index is 0.236. The van der Waals surface area contributed by atoms with E-state index in [-0.39, 0.29) is 12.7 Å². The van der Waals surface area contributed by atoms with Crippen molar-refractivity contribution >= 4 is 11.6 Å². The van der Waals surface area contributed by atoms with Crippen molar-refractivity contribution in [1.82, 2.24) is 4.98 Å². The number of ether oxygens (including phenoxy) is 2. The predicted molar refractivity (Wildman–Crippen MR) is 63.5 cm³/mol. The van der Waals surface area contributed by atoms with Crippen LogP contribution in [0, 0.1) is 0 Å². The minimum Gasteiger partial charge on any atom is -0.451 e. The zero-order chi connectivity index (χ0) is 11.9. The highest BCUT2D eigenvalue weighted by Gasteiger charge is 2.27. The molecule has 0 aromatic carbocycles. The van der Waals surface area contributed by atoms with Gasteiger partial charge in [-0.1, -0.05) is 39.3 Å². The van der Waals surface area contributed by atoms with Gasteiger partial charge in [0.25, 0.3) is 5.88 Å². The third-order valence-corrected chi connectivity index (χ3v) is 3.04. The second kappa shape index (κ2) is 4.13. The van der Waals surface area contributed by atoms with Crippen LogP contribution >= 0.6 is 11.6 Å². The third kappa shape index (κ3) is 1.73. The van der Waals surface area contributed by atoms with Crippen molar-refractivity contribution in [2.24, 2.45) is 0 Å². The van der Waals surface area contributed by atoms with Crippen molar-refractivity contribution in [2.45, 2.75) is 39.5 Å². The minimum atomic E-state index is 0.236. The lowest BCUT2D eigenvalue weighted by molar-refractivity contribution is 0.170. The molecule has 2 heterocycles. The van der Waals surface area contributed by atoms with E-state index in [1.54, 1.807) is 0 Å². The van der Waals surface area contributed by atoms with E-state index in [9.17, 15) is 0 Å². The Morgan fingerprint density at radius 1 is 1.12 bits per heavy atom. The molecule has 2 rings (SSSR count). The monoisotopic (exact) mass is 241 g/mol. The maximum atomic E-state index is 6.38. The molecule has 1 aromatic rings. The fourth-order valence-corrected chi connectivity index (χ4v) is 2.41. The van der Waals surface area contributed by atoms with Crippen LogP contribution in [0.4, 0.5) is 0 Å². The van der Waals surface area contributed by atoms with E-state index in [0.29, 0.717) is 22.6 Å². The van der Waals surface area contributed by atoms with Gasteiger partial charge in [-0.25, -0.2) is 4.98 Å². The highest BCUT2D eigenvalue weighted by molar-refractivity contribution is 6.32. The van der Waals surface area contributed by atoms with E-state index in [1.807, 2.05) is 0 Å². The molecule has 3 nitrogen and oxygen atoms in total. The van der Waals surface area contributed by atoms with E-state index in [0.717, 1.165) is 11.3 Å². The molecule has 0 radical (unpaired) electrons. The van der Waals surface area contributed by atoms with Crippen LogP contribution in [0.2, 0.25) is 5.02 Å². The maximum absolute atomic E-state index is 6.38. The lowest BCUT2D eigenvalue weighted by Gasteiger charge is -2.16. The molecule has 4 heteroatoms. The van der Waals surface area contributed by atoms with E-state index >= 15 is 0 Å². The lowest BCUT2D eigenvalue weighted by atomic mass is 9.99. The molecule has 0 saturated heterocycles. The summed E-state index contributed by atoms with van der Waals surface area (Å²) in [5.74, 6) is 1.86. The van der Waals surface area contributed by atoms with Gasteiger partial charge in [-0.15, -0.1) is 0 Å². The number of nitrogens with zero attached hydrogens (tertiary/aromatic N) is 1. The van der Waals surface area contributed by atoms with Gasteiger partial charge in [0.05, 0.1) is 10.7 Å². The van der Waals surface area contributed by atoms with Gasteiger partial charge >= 0.3 is 0 Å². The van der Waals surface area contributed by atoms with E-state index in [4.69, 9.17) is 21.1 Å². The van der Waals surface area contributed by atoms with Crippen molar-refractivity contribution in [3.8, 4) is 11.6 Å². The predicted octanol–water partition coefficient (Wildman–Crippen LogP) is 3.71. The summed E-state index contributed by atoms with van der Waals surface area (Å²) in [6.07, 6.45) is 0. The van der Waals surface area contributed by atoms with E-state index in [2.05, 4.69) is 32.7 Å². The molecule has 0 N–H and O–H groups in total. The molecule has 88 valence electrons. The first-order valence-corrected chi connectivity index (χ1v) is 5.89. The van der Waals surface area contributed by atoms with Gasteiger partial charge in [0.2, 0.25) is 6.79 Å². The topological polar surface area (TPSA) is 31.4 Å². The SMILES string of the molecule is CC(C)c1nc2c(c(C(C)C)c1Cl)OCO2. The molecule has 0 amide bonds. The molecule has 0 fully saturated rings. The molecule has 0 bridgehead atoms. The molecule has 1 aliphatic rings. The molecule has 0 atom stereocenters. The number of hydrogen-bond donors (Lipinski definition) is 0. The summed E-state index contributed by atoms with van der Waals surface area (Å²) in [7, 11) is 0. The molecule has 1 aromatic heterocycles. The quantitative estimate of drug-likeness (QED) is 0.791. The van der Waals surface area contributed by atoms with Crippen molar-refractivity contribution in [3.63, 3.8) is 0 Å². The van der Waals surface area contributed by atoms with Crippen LogP contribution < -0.4 is 9.47 Å². The van der Waals surface area contributed by atoms with E-state index < -0.39 is 0 Å². The van der Waals surface area contributed by atoms with Crippen LogP contribution in [-0.4, -0.2) is 11.8 Å². The Morgan fingerprint density at radius 3 is 2.38 bits per heavy atom. The zero-order valence-electron chi connectivity index (χ0n) is 10.0. The summed E-state index contributed by atoms with van der Waals surface area (Å²) in [6.45, 7) is 8.56. The first kappa shape index (κ1) is 11.5. The fourth-order valence-electron chi connectivity index (χ4n) is 1.84. The smallest absolute Gasteiger partial charge is 0.260 e. The average molecular weight is 242 g/mol. The Bertz CT molecular complexity index is 416. The third-order valence-electron chi connectivity index (χ3n) is 2.65. The molecule has 0 spiro atoms. The first-order chi connectivity index (χ1) is 7.52. The van der Waals surface area contributed by atoms with Gasteiger partial charge in [-0.2, -0.15) is 0 Å². The summed E-state index contributed by atoms with van der Waals surface area (Å²) in [4.78, 5) is 4.42. The molecule has 0 saturated carbocycles. The Labute approximate surface area is 101 Å². The molecule has 0 unspecified atom stereocenters. The van der Waals surface area contributed by atoms with Gasteiger partial charge in [-0.3, -0.25) is 0 Å². The first-order valence-electron chi connectivity index (χ1n) is 5.51. The second-order valence-corrected chi connectivity index (χ2v) is 4.95. The number of hydrogen-bond acceptors (Lipinski definition) is 3. The molecule has 1 aliphatic heterocycles. The van der Waals surface area contributed by atoms with Gasteiger partial charge in [0.15, 0.2) is 5.75 Å². The van der Waals surface area contributed by atoms with Crippen LogP contribution in [0.25, 0.3) is 0 Å². The van der Waals surface area contributed by atoms with Crippen LogP contribution in [0.3, 0.4) is 0 Å². The van der Waals surface area contributed by atoms with Crippen LogP contribution in [-0.2, 0) is 0 Å². The maximum Gasteiger partial charge on any atom is 0.260 e. The van der Waals surface area contributed by atoms with Gasteiger partial charge in [-0.05, 0) is 11.8 Å². The molecular formula is C12H16ClNO2. The highest BCUT2D eigenvalue weighted by Crippen LogP contribution is 2.44. The standard InChI is InChI=1S/C12H16ClNO2/c1-6(2)8-9(13)10(7(3)4)14-12-11(8)15-5-16-12/h6-7H,5H2,1-4H3. The van der Waals surface area contributed by atoms with Gasteiger partial charge < -0.3 is 9.47 Å². The zero-order valence-corrected chi connectivity index (χ0v) is 10.8. The average Bonchev–Trinajstić information content (AvgIpc) is 2.62. The fraction of sp³-hybridized carbons (Fsp3) is 0.583. The Morgan fingerprint density at radius 2 is 1.81 bits per heavy atom. The van der Waals surface area contributed by atoms with Crippen molar-refractivity contribution in [2.75, 3.05) is 6.79 Å². The Balaban J connectivity index is 2.65. The highest BCUT2D eigenvalue weighted by atomic mass is 35.5. The summed E-state index contributed by atoms with van der Waals surface area (Å²) >= 11 is 6.38. The number of fused-ring (bicyclic) bond motifs is 1. The number of pyridine rings is 1. The lowest BCUT2D eigenvalue weighted by Crippen LogP contribution is -2.01. The Hall–Kier alpha value is -0.960.